The fourth-order valence-corrected chi connectivity index (χ4v) is 10.0. The summed E-state index contributed by atoms with van der Waals surface area (Å²) >= 11 is 0. The average Bonchev–Trinajstić information content (AvgIpc) is 4.07. The van der Waals surface area contributed by atoms with E-state index >= 15 is 0 Å². The number of aromatic nitrogens is 3. The first-order valence-corrected chi connectivity index (χ1v) is 20.6. The molecule has 6 nitrogen and oxygen atoms in total. The molecule has 0 saturated heterocycles. The maximum atomic E-state index is 10.9. The number of nitriles is 1. The van der Waals surface area contributed by atoms with Crippen molar-refractivity contribution in [2.45, 2.75) is 0 Å². The number of fused-ring (bicyclic) bond motifs is 13. The summed E-state index contributed by atoms with van der Waals surface area (Å²) in [4.78, 5) is 4.15. The molecule has 0 spiro atoms. The minimum Gasteiger partial charge on any atom is -0.455 e. The molecule has 4 heterocycles. The van der Waals surface area contributed by atoms with Gasteiger partial charge in [-0.2, -0.15) is 5.26 Å². The molecule has 0 aliphatic heterocycles. The Morgan fingerprint density at radius 2 is 0.968 bits per heavy atom. The fraction of sp³-hybridized carbons (Fsp3) is 0. The van der Waals surface area contributed by atoms with Crippen LogP contribution in [0.4, 0.5) is 5.69 Å². The molecule has 6 heteroatoms. The number of furan rings is 1. The zero-order valence-electron chi connectivity index (χ0n) is 33.0. The van der Waals surface area contributed by atoms with E-state index in [4.69, 9.17) is 11.0 Å². The molecule has 0 amide bonds. The van der Waals surface area contributed by atoms with Crippen LogP contribution in [0.3, 0.4) is 0 Å². The topological polar surface area (TPSA) is 56.1 Å². The molecule has 13 rings (SSSR count). The lowest BCUT2D eigenvalue weighted by Gasteiger charge is -2.16. The van der Waals surface area contributed by atoms with Gasteiger partial charge in [-0.3, -0.25) is 0 Å². The van der Waals surface area contributed by atoms with Crippen molar-refractivity contribution in [3.63, 3.8) is 0 Å². The number of hydrogen-bond acceptors (Lipinski definition) is 2. The van der Waals surface area contributed by atoms with Crippen LogP contribution in [0.25, 0.3) is 120 Å². The summed E-state index contributed by atoms with van der Waals surface area (Å²) in [6, 6.07) is 67.6. The van der Waals surface area contributed by atoms with Crippen LogP contribution in [0.1, 0.15) is 5.56 Å². The van der Waals surface area contributed by atoms with Crippen molar-refractivity contribution in [2.75, 3.05) is 0 Å². The molecule has 13 aromatic rings. The third-order valence-electron chi connectivity index (χ3n) is 12.7. The van der Waals surface area contributed by atoms with Crippen LogP contribution < -0.4 is 0 Å². The Bertz CT molecular complexity index is 4130. The van der Waals surface area contributed by atoms with E-state index in [0.717, 1.165) is 87.9 Å². The summed E-state index contributed by atoms with van der Waals surface area (Å²) in [5.74, 6) is 0. The molecule has 0 bridgehead atoms. The van der Waals surface area contributed by atoms with E-state index in [1.807, 2.05) is 48.5 Å². The highest BCUT2D eigenvalue weighted by Crippen LogP contribution is 2.44. The molecule has 0 saturated carbocycles. The smallest absolute Gasteiger partial charge is 0.212 e. The van der Waals surface area contributed by atoms with Crippen LogP contribution in [0.15, 0.2) is 192 Å². The summed E-state index contributed by atoms with van der Waals surface area (Å²) in [6.45, 7) is 8.58. The standard InChI is InChI=1S/C56H31N5O/c1-58-45-32-52(61-48-21-11-7-18-42(48)55-51(61)28-25-41-40-17-8-12-22-54(40)62-56(41)55)36(33-57)31-53(45)60-47-20-10-6-16-39(47)44-30-35(24-27-50(44)60)34-23-26-49-43(29-34)38-15-5-9-19-46(38)59(49)37-13-3-2-4-14-37/h2-32H. The third-order valence-corrected chi connectivity index (χ3v) is 12.7. The Hall–Kier alpha value is -8.84. The van der Waals surface area contributed by atoms with Crippen LogP contribution in [0.5, 0.6) is 0 Å². The van der Waals surface area contributed by atoms with Gasteiger partial charge in [0.25, 0.3) is 0 Å². The Labute approximate surface area is 354 Å². The highest BCUT2D eigenvalue weighted by atomic mass is 16.3. The molecule has 286 valence electrons. The van der Waals surface area contributed by atoms with E-state index in [2.05, 4.69) is 164 Å². The largest absolute Gasteiger partial charge is 0.455 e. The summed E-state index contributed by atoms with van der Waals surface area (Å²) in [5.41, 5.74) is 13.3. The van der Waals surface area contributed by atoms with E-state index in [9.17, 15) is 5.26 Å². The van der Waals surface area contributed by atoms with Gasteiger partial charge in [0.05, 0.1) is 62.0 Å². The van der Waals surface area contributed by atoms with Gasteiger partial charge >= 0.3 is 0 Å². The molecular weight excluding hydrogens is 759 g/mol. The first kappa shape index (κ1) is 34.1. The van der Waals surface area contributed by atoms with E-state index in [1.54, 1.807) is 0 Å². The molecule has 0 N–H and O–H groups in total. The van der Waals surface area contributed by atoms with Crippen molar-refractivity contribution in [1.29, 1.82) is 5.26 Å². The molecule has 4 aromatic heterocycles. The summed E-state index contributed by atoms with van der Waals surface area (Å²) < 4.78 is 13.1. The van der Waals surface area contributed by atoms with Gasteiger partial charge in [-0.15, -0.1) is 0 Å². The zero-order chi connectivity index (χ0) is 41.1. The first-order valence-electron chi connectivity index (χ1n) is 20.6. The maximum absolute atomic E-state index is 10.9. The van der Waals surface area contributed by atoms with Gasteiger partial charge in [0.1, 0.15) is 17.2 Å². The number of hydrogen-bond donors (Lipinski definition) is 0. The number of rotatable bonds is 4. The highest BCUT2D eigenvalue weighted by Gasteiger charge is 2.23. The summed E-state index contributed by atoms with van der Waals surface area (Å²) in [6.07, 6.45) is 0. The lowest BCUT2D eigenvalue weighted by atomic mass is 10.0. The Morgan fingerprint density at radius 3 is 1.65 bits per heavy atom. The summed E-state index contributed by atoms with van der Waals surface area (Å²) in [7, 11) is 0. The second-order valence-corrected chi connectivity index (χ2v) is 15.9. The molecule has 0 atom stereocenters. The van der Waals surface area contributed by atoms with Crippen molar-refractivity contribution in [1.82, 2.24) is 13.7 Å². The van der Waals surface area contributed by atoms with Gasteiger partial charge < -0.3 is 18.1 Å². The first-order chi connectivity index (χ1) is 30.7. The molecule has 0 fully saturated rings. The van der Waals surface area contributed by atoms with Crippen molar-refractivity contribution in [3.8, 4) is 34.3 Å². The second-order valence-electron chi connectivity index (χ2n) is 15.9. The van der Waals surface area contributed by atoms with Crippen molar-refractivity contribution in [2.24, 2.45) is 0 Å². The van der Waals surface area contributed by atoms with Gasteiger partial charge in [-0.1, -0.05) is 103 Å². The Balaban J connectivity index is 1.00. The number of benzene rings is 9. The predicted molar refractivity (Wildman–Crippen MR) is 253 cm³/mol. The lowest BCUT2D eigenvalue weighted by molar-refractivity contribution is 0.673. The Kier molecular flexibility index (Phi) is 7.05. The number of para-hydroxylation sites is 5. The van der Waals surface area contributed by atoms with Crippen LogP contribution in [-0.4, -0.2) is 13.7 Å². The van der Waals surface area contributed by atoms with Crippen LogP contribution in [-0.2, 0) is 0 Å². The molecule has 0 aliphatic carbocycles. The molecule has 0 aliphatic rings. The third kappa shape index (κ3) is 4.66. The molecule has 0 radical (unpaired) electrons. The monoisotopic (exact) mass is 789 g/mol. The second kappa shape index (κ2) is 12.8. The normalized spacial score (nSPS) is 11.8. The van der Waals surface area contributed by atoms with Gasteiger partial charge in [-0.25, -0.2) is 4.85 Å². The fourth-order valence-electron chi connectivity index (χ4n) is 10.0. The SMILES string of the molecule is [C-]#[N+]c1cc(-n2c3ccccc3c3c4oc5ccccc5c4ccc32)c(C#N)cc1-n1c2ccccc2c2cc(-c3ccc4c(c3)c3ccccc3n4-c3ccccc3)ccc21. The zero-order valence-corrected chi connectivity index (χ0v) is 33.0. The average molecular weight is 790 g/mol. The maximum Gasteiger partial charge on any atom is 0.212 e. The molecule has 0 unspecified atom stereocenters. The molecule has 9 aromatic carbocycles. The van der Waals surface area contributed by atoms with Crippen molar-refractivity contribution in [3.05, 3.63) is 205 Å². The van der Waals surface area contributed by atoms with Gasteiger partial charge in [0, 0.05) is 43.4 Å². The van der Waals surface area contributed by atoms with E-state index in [-0.39, 0.29) is 0 Å². The van der Waals surface area contributed by atoms with E-state index in [1.165, 1.54) is 16.3 Å². The highest BCUT2D eigenvalue weighted by molar-refractivity contribution is 6.24. The van der Waals surface area contributed by atoms with Crippen LogP contribution >= 0.6 is 0 Å². The van der Waals surface area contributed by atoms with E-state index < -0.39 is 0 Å². The van der Waals surface area contributed by atoms with E-state index in [0.29, 0.717) is 22.6 Å². The van der Waals surface area contributed by atoms with Crippen molar-refractivity contribution >= 4 is 93.0 Å². The number of nitrogens with zero attached hydrogens (tertiary/aromatic N) is 5. The predicted octanol–water partition coefficient (Wildman–Crippen LogP) is 15.0. The minimum absolute atomic E-state index is 0.446. The Morgan fingerprint density at radius 1 is 0.435 bits per heavy atom. The molecular formula is C56H31N5O. The summed E-state index contributed by atoms with van der Waals surface area (Å²) in [5, 5.41) is 19.6. The van der Waals surface area contributed by atoms with Gasteiger partial charge in [0.15, 0.2) is 0 Å². The van der Waals surface area contributed by atoms with Gasteiger partial charge in [-0.05, 0) is 96.1 Å². The van der Waals surface area contributed by atoms with Crippen LogP contribution in [0.2, 0.25) is 0 Å². The van der Waals surface area contributed by atoms with Crippen LogP contribution in [0, 0.1) is 17.9 Å². The van der Waals surface area contributed by atoms with Crippen molar-refractivity contribution < 1.29 is 4.42 Å². The quantitative estimate of drug-likeness (QED) is 0.167. The minimum atomic E-state index is 0.446. The molecule has 62 heavy (non-hydrogen) atoms. The lowest BCUT2D eigenvalue weighted by Crippen LogP contribution is -2.01. The van der Waals surface area contributed by atoms with Gasteiger partial charge in [0.2, 0.25) is 5.69 Å².